The van der Waals surface area contributed by atoms with E-state index in [4.69, 9.17) is 0 Å². The van der Waals surface area contributed by atoms with E-state index in [1.54, 1.807) is 30.3 Å². The molecule has 30 heavy (non-hydrogen) atoms. The molecule has 4 rings (SSSR count). The fourth-order valence-electron chi connectivity index (χ4n) is 2.69. The lowest BCUT2D eigenvalue weighted by molar-refractivity contribution is -0.117. The van der Waals surface area contributed by atoms with E-state index < -0.39 is 5.97 Å². The van der Waals surface area contributed by atoms with Crippen LogP contribution in [0.5, 0.6) is 0 Å². The van der Waals surface area contributed by atoms with Crippen molar-refractivity contribution in [2.24, 2.45) is 0 Å². The van der Waals surface area contributed by atoms with E-state index >= 15 is 0 Å². The van der Waals surface area contributed by atoms with Gasteiger partial charge in [-0.1, -0.05) is 12.1 Å². The number of tetrazole rings is 2. The standard InChI is InChI=1S/C18H15N9O3/c1-30-18(29)12-6-8-13(9-7-12)20-16(28)10-27-22-17(21-24-27)14-4-2-3-5-15(14)26-11-19-23-25-26/h2-9,11H,10H2,1H3,(H,20,28). The van der Waals surface area contributed by atoms with Crippen LogP contribution in [0.15, 0.2) is 54.9 Å². The predicted molar refractivity (Wildman–Crippen MR) is 102 cm³/mol. The van der Waals surface area contributed by atoms with Gasteiger partial charge in [0.2, 0.25) is 11.7 Å². The molecule has 0 fully saturated rings. The summed E-state index contributed by atoms with van der Waals surface area (Å²) >= 11 is 0. The smallest absolute Gasteiger partial charge is 0.337 e. The number of nitrogens with zero attached hydrogens (tertiary/aromatic N) is 8. The molecule has 0 aliphatic rings. The van der Waals surface area contributed by atoms with Crippen LogP contribution in [0, 0.1) is 0 Å². The SMILES string of the molecule is COC(=O)c1ccc(NC(=O)Cn2nnc(-c3ccccc3-n3cnnn3)n2)cc1. The number of carbonyl (C=O) groups excluding carboxylic acids is 2. The first kappa shape index (κ1) is 18.9. The number of ether oxygens (including phenoxy) is 1. The molecule has 0 saturated carbocycles. The summed E-state index contributed by atoms with van der Waals surface area (Å²) in [5, 5.41) is 26.1. The molecule has 0 aliphatic heterocycles. The lowest BCUT2D eigenvalue weighted by Gasteiger charge is -2.05. The largest absolute Gasteiger partial charge is 0.465 e. The Kier molecular flexibility index (Phi) is 5.19. The van der Waals surface area contributed by atoms with Crippen molar-refractivity contribution in [2.75, 3.05) is 12.4 Å². The number of methoxy groups -OCH3 is 1. The van der Waals surface area contributed by atoms with E-state index in [2.05, 4.69) is 41.0 Å². The average Bonchev–Trinajstić information content (AvgIpc) is 3.46. The van der Waals surface area contributed by atoms with Gasteiger partial charge >= 0.3 is 5.97 Å². The van der Waals surface area contributed by atoms with E-state index in [-0.39, 0.29) is 12.5 Å². The second-order valence-electron chi connectivity index (χ2n) is 6.03. The minimum atomic E-state index is -0.450. The summed E-state index contributed by atoms with van der Waals surface area (Å²) in [6.45, 7) is -0.140. The summed E-state index contributed by atoms with van der Waals surface area (Å²) in [5.74, 6) is -0.468. The molecule has 0 radical (unpaired) electrons. The summed E-state index contributed by atoms with van der Waals surface area (Å²) in [7, 11) is 1.30. The molecular weight excluding hydrogens is 390 g/mol. The summed E-state index contributed by atoms with van der Waals surface area (Å²) in [6.07, 6.45) is 1.46. The van der Waals surface area contributed by atoms with Gasteiger partial charge in [-0.3, -0.25) is 4.79 Å². The van der Waals surface area contributed by atoms with Crippen LogP contribution < -0.4 is 5.32 Å². The third kappa shape index (κ3) is 4.01. The number of para-hydroxylation sites is 1. The topological polar surface area (TPSA) is 143 Å². The highest BCUT2D eigenvalue weighted by atomic mass is 16.5. The predicted octanol–water partition coefficient (Wildman–Crippen LogP) is 0.741. The van der Waals surface area contributed by atoms with Gasteiger partial charge in [0.05, 0.1) is 18.4 Å². The number of anilines is 1. The summed E-state index contributed by atoms with van der Waals surface area (Å²) in [6, 6.07) is 13.6. The molecule has 0 bridgehead atoms. The van der Waals surface area contributed by atoms with E-state index in [9.17, 15) is 9.59 Å². The molecule has 0 spiro atoms. The quantitative estimate of drug-likeness (QED) is 0.459. The molecule has 12 nitrogen and oxygen atoms in total. The van der Waals surface area contributed by atoms with Crippen molar-refractivity contribution in [3.63, 3.8) is 0 Å². The molecule has 2 aromatic heterocycles. The first-order valence-electron chi connectivity index (χ1n) is 8.73. The molecular formula is C18H15N9O3. The Hall–Kier alpha value is -4.48. The van der Waals surface area contributed by atoms with Crippen LogP contribution in [-0.4, -0.2) is 59.4 Å². The summed E-state index contributed by atoms with van der Waals surface area (Å²) in [5.41, 5.74) is 2.25. The Labute approximate surface area is 169 Å². The molecule has 150 valence electrons. The van der Waals surface area contributed by atoms with Crippen LogP contribution in [0.3, 0.4) is 0 Å². The number of nitrogens with one attached hydrogen (secondary N) is 1. The van der Waals surface area contributed by atoms with Gasteiger partial charge < -0.3 is 10.1 Å². The number of benzene rings is 2. The van der Waals surface area contributed by atoms with Crippen molar-refractivity contribution in [1.29, 1.82) is 0 Å². The molecule has 0 saturated heterocycles. The highest BCUT2D eigenvalue weighted by molar-refractivity contribution is 5.92. The minimum absolute atomic E-state index is 0.140. The maximum Gasteiger partial charge on any atom is 0.337 e. The van der Waals surface area contributed by atoms with Crippen LogP contribution in [0.25, 0.3) is 17.1 Å². The van der Waals surface area contributed by atoms with Crippen LogP contribution >= 0.6 is 0 Å². The molecule has 12 heteroatoms. The van der Waals surface area contributed by atoms with Gasteiger partial charge in [-0.2, -0.15) is 9.48 Å². The Balaban J connectivity index is 1.45. The maximum atomic E-state index is 12.3. The second kappa shape index (κ2) is 8.26. The number of rotatable bonds is 6. The minimum Gasteiger partial charge on any atom is -0.465 e. The van der Waals surface area contributed by atoms with Crippen molar-refractivity contribution in [2.45, 2.75) is 6.54 Å². The van der Waals surface area contributed by atoms with Gasteiger partial charge in [-0.25, -0.2) is 4.79 Å². The highest BCUT2D eigenvalue weighted by Gasteiger charge is 2.14. The van der Waals surface area contributed by atoms with Crippen molar-refractivity contribution in [1.82, 2.24) is 40.4 Å². The van der Waals surface area contributed by atoms with Crippen LogP contribution in [0.4, 0.5) is 5.69 Å². The Bertz CT molecular complexity index is 1170. The van der Waals surface area contributed by atoms with E-state index in [0.717, 1.165) is 0 Å². The number of carbonyl (C=O) groups is 2. The zero-order valence-electron chi connectivity index (χ0n) is 15.7. The van der Waals surface area contributed by atoms with Crippen molar-refractivity contribution < 1.29 is 14.3 Å². The highest BCUT2D eigenvalue weighted by Crippen LogP contribution is 2.22. The molecule has 2 heterocycles. The van der Waals surface area contributed by atoms with E-state index in [0.29, 0.717) is 28.3 Å². The van der Waals surface area contributed by atoms with E-state index in [1.165, 1.54) is 22.9 Å². The number of hydrogen-bond donors (Lipinski definition) is 1. The first-order valence-corrected chi connectivity index (χ1v) is 8.73. The molecule has 0 atom stereocenters. The van der Waals surface area contributed by atoms with Gasteiger partial charge in [0, 0.05) is 11.3 Å². The summed E-state index contributed by atoms with van der Waals surface area (Å²) in [4.78, 5) is 24.9. The molecule has 2 aromatic carbocycles. The monoisotopic (exact) mass is 405 g/mol. The van der Waals surface area contributed by atoms with Crippen molar-refractivity contribution in [3.8, 4) is 17.1 Å². The Morgan fingerprint density at radius 3 is 2.60 bits per heavy atom. The van der Waals surface area contributed by atoms with Gasteiger partial charge in [0.1, 0.15) is 12.9 Å². The van der Waals surface area contributed by atoms with Gasteiger partial charge in [0.15, 0.2) is 0 Å². The van der Waals surface area contributed by atoms with Gasteiger partial charge in [0.25, 0.3) is 0 Å². The molecule has 0 aliphatic carbocycles. The molecule has 0 unspecified atom stereocenters. The van der Waals surface area contributed by atoms with Crippen molar-refractivity contribution in [3.05, 3.63) is 60.4 Å². The second-order valence-corrected chi connectivity index (χ2v) is 6.03. The third-order valence-electron chi connectivity index (χ3n) is 4.07. The first-order chi connectivity index (χ1) is 14.6. The summed E-state index contributed by atoms with van der Waals surface area (Å²) < 4.78 is 6.13. The lowest BCUT2D eigenvalue weighted by Crippen LogP contribution is -2.20. The van der Waals surface area contributed by atoms with Crippen LogP contribution in [0.1, 0.15) is 10.4 Å². The number of aromatic nitrogens is 8. The fourth-order valence-corrected chi connectivity index (χ4v) is 2.69. The van der Waals surface area contributed by atoms with Crippen molar-refractivity contribution >= 4 is 17.6 Å². The molecule has 4 aromatic rings. The lowest BCUT2D eigenvalue weighted by atomic mass is 10.1. The van der Waals surface area contributed by atoms with E-state index in [1.807, 2.05) is 18.2 Å². The molecule has 1 amide bonds. The number of hydrogen-bond acceptors (Lipinski definition) is 9. The van der Waals surface area contributed by atoms with Gasteiger partial charge in [-0.15, -0.1) is 15.3 Å². The van der Waals surface area contributed by atoms with Gasteiger partial charge in [-0.05, 0) is 52.0 Å². The fraction of sp³-hybridized carbons (Fsp3) is 0.111. The van der Waals surface area contributed by atoms with Crippen LogP contribution in [0.2, 0.25) is 0 Å². The number of esters is 1. The van der Waals surface area contributed by atoms with Crippen LogP contribution in [-0.2, 0) is 16.1 Å². The average molecular weight is 405 g/mol. The Morgan fingerprint density at radius 1 is 1.07 bits per heavy atom. The third-order valence-corrected chi connectivity index (χ3v) is 4.07. The molecule has 1 N–H and O–H groups in total. The maximum absolute atomic E-state index is 12.3. The number of amides is 1. The zero-order valence-corrected chi connectivity index (χ0v) is 15.7. The zero-order chi connectivity index (χ0) is 20.9. The Morgan fingerprint density at radius 2 is 1.87 bits per heavy atom. The normalized spacial score (nSPS) is 10.6.